The first-order valence-corrected chi connectivity index (χ1v) is 19.2. The maximum atomic E-state index is 10.3. The smallest absolute Gasteiger partial charge is 0.118 e. The van der Waals surface area contributed by atoms with E-state index in [4.69, 9.17) is 28.4 Å². The molecule has 18 atom stereocenters. The van der Waals surface area contributed by atoms with Crippen molar-refractivity contribution in [1.82, 2.24) is 0 Å². The summed E-state index contributed by atoms with van der Waals surface area (Å²) in [4.78, 5) is 0. The van der Waals surface area contributed by atoms with E-state index in [-0.39, 0.29) is 118 Å². The van der Waals surface area contributed by atoms with E-state index >= 15 is 0 Å². The van der Waals surface area contributed by atoms with Crippen molar-refractivity contribution >= 4 is 0 Å². The highest BCUT2D eigenvalue weighted by Crippen LogP contribution is 2.42. The fourth-order valence-electron chi connectivity index (χ4n) is 8.50. The zero-order valence-electron chi connectivity index (χ0n) is 32.4. The second-order valence-corrected chi connectivity index (χ2v) is 16.3. The molecular weight excluding hydrogens is 648 g/mol. The van der Waals surface area contributed by atoms with Gasteiger partial charge in [-0.2, -0.15) is 0 Å². The molecule has 12 nitrogen and oxygen atoms in total. The lowest BCUT2D eigenvalue weighted by Crippen LogP contribution is -2.51. The van der Waals surface area contributed by atoms with Crippen molar-refractivity contribution in [1.29, 1.82) is 0 Å². The van der Waals surface area contributed by atoms with Crippen molar-refractivity contribution in [2.75, 3.05) is 59.5 Å². The third-order valence-corrected chi connectivity index (χ3v) is 13.8. The van der Waals surface area contributed by atoms with Crippen LogP contribution in [-0.4, -0.2) is 144 Å². The minimum absolute atomic E-state index is 0.0190. The van der Waals surface area contributed by atoms with Crippen molar-refractivity contribution in [3.63, 3.8) is 0 Å². The van der Waals surface area contributed by atoms with Gasteiger partial charge in [0.05, 0.1) is 102 Å². The molecule has 4 aliphatic rings. The molecule has 6 N–H and O–H groups in total. The number of hydrogen-bond donors (Lipinski definition) is 6. The number of aliphatic hydroxyl groups excluding tert-OH is 6. The van der Waals surface area contributed by atoms with Crippen LogP contribution in [0.1, 0.15) is 75.7 Å². The molecule has 0 radical (unpaired) electrons. The van der Waals surface area contributed by atoms with E-state index < -0.39 is 17.3 Å². The summed E-state index contributed by atoms with van der Waals surface area (Å²) in [6.45, 7) is 21.7. The lowest BCUT2D eigenvalue weighted by molar-refractivity contribution is -0.196. The first kappa shape index (κ1) is 43.9. The number of hydrogen-bond acceptors (Lipinski definition) is 12. The van der Waals surface area contributed by atoms with E-state index in [1.165, 1.54) is 0 Å². The van der Waals surface area contributed by atoms with Crippen molar-refractivity contribution in [3.05, 3.63) is 0 Å². The van der Waals surface area contributed by atoms with Gasteiger partial charge in [-0.15, -0.1) is 0 Å². The topological polar surface area (TPSA) is 177 Å². The van der Waals surface area contributed by atoms with E-state index in [0.29, 0.717) is 31.0 Å². The van der Waals surface area contributed by atoms with Gasteiger partial charge in [0.25, 0.3) is 0 Å². The molecule has 296 valence electrons. The summed E-state index contributed by atoms with van der Waals surface area (Å²) < 4.78 is 35.9. The predicted molar refractivity (Wildman–Crippen MR) is 188 cm³/mol. The second-order valence-electron chi connectivity index (χ2n) is 16.3. The van der Waals surface area contributed by atoms with Gasteiger partial charge >= 0.3 is 0 Å². The Hall–Kier alpha value is -0.480. The van der Waals surface area contributed by atoms with E-state index in [9.17, 15) is 30.6 Å². The summed E-state index contributed by atoms with van der Waals surface area (Å²) in [6, 6.07) is 0. The zero-order chi connectivity index (χ0) is 37.6. The molecule has 0 aromatic heterocycles. The van der Waals surface area contributed by atoms with Crippen molar-refractivity contribution in [3.8, 4) is 0 Å². The summed E-state index contributed by atoms with van der Waals surface area (Å²) in [6.07, 6.45) is -0.691. The molecule has 18 unspecified atom stereocenters. The van der Waals surface area contributed by atoms with Gasteiger partial charge in [0.1, 0.15) is 11.2 Å². The van der Waals surface area contributed by atoms with Crippen molar-refractivity contribution in [2.45, 2.75) is 130 Å². The minimum Gasteiger partial charge on any atom is -0.394 e. The Morgan fingerprint density at radius 1 is 0.480 bits per heavy atom. The number of ether oxygens (including phenoxy) is 6. The highest BCUT2D eigenvalue weighted by Gasteiger charge is 2.52. The third-order valence-electron chi connectivity index (χ3n) is 13.8. The molecule has 0 bridgehead atoms. The molecule has 4 aliphatic heterocycles. The molecule has 4 heterocycles. The van der Waals surface area contributed by atoms with E-state index in [1.54, 1.807) is 0 Å². The molecular formula is C38H72O12. The third kappa shape index (κ3) is 9.24. The molecule has 12 heteroatoms. The van der Waals surface area contributed by atoms with Gasteiger partial charge in [-0.05, 0) is 59.7 Å². The Kier molecular flexibility index (Phi) is 16.9. The Morgan fingerprint density at radius 3 is 1.22 bits per heavy atom. The fraction of sp³-hybridized carbons (Fsp3) is 1.00. The summed E-state index contributed by atoms with van der Waals surface area (Å²) >= 11 is 0. The molecule has 4 fully saturated rings. The highest BCUT2D eigenvalue weighted by atomic mass is 16.6. The quantitative estimate of drug-likeness (QED) is 0.155. The van der Waals surface area contributed by atoms with Crippen LogP contribution in [0.3, 0.4) is 0 Å². The summed E-state index contributed by atoms with van der Waals surface area (Å²) in [7, 11) is 0. The Bertz CT molecular complexity index is 909. The molecule has 0 saturated carbocycles. The van der Waals surface area contributed by atoms with E-state index in [2.05, 4.69) is 34.6 Å². The average Bonchev–Trinajstić information content (AvgIpc) is 3.52. The zero-order valence-corrected chi connectivity index (χ0v) is 32.4. The van der Waals surface area contributed by atoms with Crippen LogP contribution in [0.25, 0.3) is 0 Å². The van der Waals surface area contributed by atoms with Crippen LogP contribution in [0.4, 0.5) is 0 Å². The number of rotatable bonds is 14. The van der Waals surface area contributed by atoms with E-state index in [0.717, 1.165) is 6.42 Å². The monoisotopic (exact) mass is 721 g/mol. The van der Waals surface area contributed by atoms with Crippen LogP contribution in [0, 0.1) is 53.3 Å². The maximum Gasteiger partial charge on any atom is 0.118 e. The predicted octanol–water partition coefficient (Wildman–Crippen LogP) is 2.27. The van der Waals surface area contributed by atoms with Crippen LogP contribution in [-0.2, 0) is 28.4 Å². The molecule has 0 aromatic rings. The summed E-state index contributed by atoms with van der Waals surface area (Å²) in [5.41, 5.74) is -1.56. The minimum atomic E-state index is -0.778. The Balaban J connectivity index is 0.000000270. The highest BCUT2D eigenvalue weighted by molar-refractivity contribution is 4.99. The number of aliphatic hydroxyl groups is 6. The van der Waals surface area contributed by atoms with Crippen molar-refractivity contribution < 1.29 is 59.1 Å². The first-order valence-electron chi connectivity index (χ1n) is 19.2. The fourth-order valence-corrected chi connectivity index (χ4v) is 8.50. The standard InChI is InChI=1S/2C19H36O6/c1-11-12(2)16(6-20)24-18(13(11)3)8-23-10-19(9-22)15(5)14(4)17(7-21)25-19;1-6-15-18(22)12(3)11(2)17(24-15)8-23-10-19(9-21)14(5)13(4)16(7-20)25-19/h2*11-18,20-22H,6-10H2,1-5H3. The van der Waals surface area contributed by atoms with Crippen LogP contribution in [0.5, 0.6) is 0 Å². The molecule has 0 aromatic carbocycles. The Morgan fingerprint density at radius 2 is 0.860 bits per heavy atom. The van der Waals surface area contributed by atoms with Crippen LogP contribution >= 0.6 is 0 Å². The van der Waals surface area contributed by atoms with Crippen LogP contribution in [0.15, 0.2) is 0 Å². The average molecular weight is 721 g/mol. The molecule has 50 heavy (non-hydrogen) atoms. The van der Waals surface area contributed by atoms with Gasteiger partial charge in [0, 0.05) is 0 Å². The molecule has 4 rings (SSSR count). The van der Waals surface area contributed by atoms with Gasteiger partial charge < -0.3 is 59.1 Å². The largest absolute Gasteiger partial charge is 0.394 e. The SMILES string of the molecule is CC1C(CO)OC(COCC2(CO)OC(CO)C(C)C2C)C(C)C1C.CCC1OC(COCC2(CO)OC(CO)C(C)C2C)C(C)C(C)C1O. The van der Waals surface area contributed by atoms with Crippen LogP contribution < -0.4 is 0 Å². The summed E-state index contributed by atoms with van der Waals surface area (Å²) in [5, 5.41) is 58.6. The summed E-state index contributed by atoms with van der Waals surface area (Å²) in [5.74, 6) is 1.90. The second kappa shape index (κ2) is 19.2. The lowest BCUT2D eigenvalue weighted by Gasteiger charge is -2.43. The maximum absolute atomic E-state index is 10.3. The van der Waals surface area contributed by atoms with Crippen LogP contribution in [0.2, 0.25) is 0 Å². The molecule has 0 aliphatic carbocycles. The first-order chi connectivity index (χ1) is 23.6. The van der Waals surface area contributed by atoms with Gasteiger partial charge in [0.2, 0.25) is 0 Å². The van der Waals surface area contributed by atoms with Gasteiger partial charge in [-0.3, -0.25) is 0 Å². The van der Waals surface area contributed by atoms with E-state index in [1.807, 2.05) is 34.6 Å². The lowest BCUT2D eigenvalue weighted by atomic mass is 9.76. The van der Waals surface area contributed by atoms with Gasteiger partial charge in [0.15, 0.2) is 0 Å². The molecule has 0 amide bonds. The van der Waals surface area contributed by atoms with Crippen molar-refractivity contribution in [2.24, 2.45) is 53.3 Å². The molecule has 4 saturated heterocycles. The Labute approximate surface area is 301 Å². The van der Waals surface area contributed by atoms with Gasteiger partial charge in [-0.25, -0.2) is 0 Å². The normalized spacial score (nSPS) is 48.0. The molecule has 0 spiro atoms. The van der Waals surface area contributed by atoms with Gasteiger partial charge in [-0.1, -0.05) is 69.2 Å².